The van der Waals surface area contributed by atoms with E-state index in [1.165, 1.54) is 0 Å². The van der Waals surface area contributed by atoms with E-state index in [0.717, 1.165) is 28.1 Å². The molecule has 7 heteroatoms. The number of hydrogen-bond acceptors (Lipinski definition) is 6. The number of benzene rings is 2. The fourth-order valence-corrected chi connectivity index (χ4v) is 3.00. The molecule has 2 N–H and O–H groups in total. The number of anilines is 2. The Balaban J connectivity index is 1.51. The van der Waals surface area contributed by atoms with E-state index in [2.05, 4.69) is 26.7 Å². The molecule has 0 atom stereocenters. The van der Waals surface area contributed by atoms with E-state index in [4.69, 9.17) is 21.8 Å². The van der Waals surface area contributed by atoms with Crippen molar-refractivity contribution in [2.24, 2.45) is 0 Å². The second-order valence-corrected chi connectivity index (χ2v) is 6.75. The molecule has 0 aliphatic heterocycles. The molecule has 0 amide bonds. The monoisotopic (exact) mass is 400 g/mol. The van der Waals surface area contributed by atoms with Gasteiger partial charge >= 0.3 is 0 Å². The number of nitrogens with zero attached hydrogens (tertiary/aromatic N) is 4. The first kappa shape index (κ1) is 18.7. The van der Waals surface area contributed by atoms with Crippen molar-refractivity contribution in [1.29, 1.82) is 5.26 Å². The summed E-state index contributed by atoms with van der Waals surface area (Å²) >= 11 is 6.00. The number of rotatable bonds is 6. The molecular weight excluding hydrogens is 384 g/mol. The van der Waals surface area contributed by atoms with Gasteiger partial charge in [-0.1, -0.05) is 23.7 Å². The molecule has 2 aromatic heterocycles. The largest absolute Gasteiger partial charge is 0.368 e. The standard InChI is InChI=1S/C22H17ClN6/c23-17-8-6-16(7-9-17)21-28-19-4-2-1-3-18(19)22(29-21)26-12-11-25-20-10-5-15(13-24)14-27-20/h1-10,14H,11-12H2,(H,25,27)(H,26,28,29). The van der Waals surface area contributed by atoms with E-state index in [1.54, 1.807) is 18.3 Å². The summed E-state index contributed by atoms with van der Waals surface area (Å²) in [4.78, 5) is 13.6. The fraction of sp³-hybridized carbons (Fsp3) is 0.0909. The normalized spacial score (nSPS) is 10.5. The molecule has 29 heavy (non-hydrogen) atoms. The highest BCUT2D eigenvalue weighted by molar-refractivity contribution is 6.30. The minimum atomic E-state index is 0.538. The lowest BCUT2D eigenvalue weighted by atomic mass is 10.2. The van der Waals surface area contributed by atoms with Crippen LogP contribution in [0, 0.1) is 11.3 Å². The number of fused-ring (bicyclic) bond motifs is 1. The third kappa shape index (κ3) is 4.42. The minimum absolute atomic E-state index is 0.538. The van der Waals surface area contributed by atoms with Crippen molar-refractivity contribution in [3.05, 3.63) is 77.4 Å². The lowest BCUT2D eigenvalue weighted by Gasteiger charge is -2.12. The van der Waals surface area contributed by atoms with Gasteiger partial charge in [0.15, 0.2) is 5.82 Å². The lowest BCUT2D eigenvalue weighted by molar-refractivity contribution is 1.04. The maximum atomic E-state index is 8.83. The molecule has 0 saturated carbocycles. The van der Waals surface area contributed by atoms with Gasteiger partial charge in [0.05, 0.1) is 11.1 Å². The Bertz CT molecular complexity index is 1170. The Labute approximate surface area is 173 Å². The van der Waals surface area contributed by atoms with Crippen LogP contribution in [0.25, 0.3) is 22.3 Å². The van der Waals surface area contributed by atoms with Gasteiger partial charge in [0.1, 0.15) is 17.7 Å². The second kappa shape index (κ2) is 8.55. The van der Waals surface area contributed by atoms with Crippen molar-refractivity contribution in [1.82, 2.24) is 15.0 Å². The van der Waals surface area contributed by atoms with E-state index >= 15 is 0 Å². The summed E-state index contributed by atoms with van der Waals surface area (Å²) in [6.45, 7) is 1.29. The first-order valence-corrected chi connectivity index (χ1v) is 9.47. The smallest absolute Gasteiger partial charge is 0.162 e. The zero-order valence-corrected chi connectivity index (χ0v) is 16.2. The summed E-state index contributed by atoms with van der Waals surface area (Å²) < 4.78 is 0. The topological polar surface area (TPSA) is 86.5 Å². The van der Waals surface area contributed by atoms with E-state index in [0.29, 0.717) is 29.5 Å². The zero-order chi connectivity index (χ0) is 20.1. The SMILES string of the molecule is N#Cc1ccc(NCCNc2nc(-c3ccc(Cl)cc3)nc3ccccc23)nc1. The third-order valence-corrected chi connectivity index (χ3v) is 4.57. The number of nitrogens with one attached hydrogen (secondary N) is 2. The van der Waals surface area contributed by atoms with E-state index in [1.807, 2.05) is 48.5 Å². The maximum Gasteiger partial charge on any atom is 0.162 e. The summed E-state index contributed by atoms with van der Waals surface area (Å²) in [5, 5.41) is 17.1. The summed E-state index contributed by atoms with van der Waals surface area (Å²) in [5.41, 5.74) is 2.32. The van der Waals surface area contributed by atoms with E-state index in [9.17, 15) is 0 Å². The Morgan fingerprint density at radius 1 is 0.897 bits per heavy atom. The molecule has 0 unspecified atom stereocenters. The molecule has 0 aliphatic rings. The van der Waals surface area contributed by atoms with Crippen molar-refractivity contribution in [3.8, 4) is 17.5 Å². The van der Waals surface area contributed by atoms with Crippen LogP contribution in [0.3, 0.4) is 0 Å². The van der Waals surface area contributed by atoms with Gasteiger partial charge in [-0.05, 0) is 48.5 Å². The molecule has 6 nitrogen and oxygen atoms in total. The maximum absolute atomic E-state index is 8.83. The quantitative estimate of drug-likeness (QED) is 0.454. The molecule has 2 heterocycles. The number of pyridine rings is 1. The van der Waals surface area contributed by atoms with Gasteiger partial charge in [-0.25, -0.2) is 15.0 Å². The van der Waals surface area contributed by atoms with Crippen LogP contribution >= 0.6 is 11.6 Å². The van der Waals surface area contributed by atoms with Gasteiger partial charge in [-0.15, -0.1) is 0 Å². The second-order valence-electron chi connectivity index (χ2n) is 6.32. The minimum Gasteiger partial charge on any atom is -0.368 e. The Hall–Kier alpha value is -3.69. The molecule has 142 valence electrons. The first-order chi connectivity index (χ1) is 14.2. The molecular formula is C22H17ClN6. The average Bonchev–Trinajstić information content (AvgIpc) is 2.77. The summed E-state index contributed by atoms with van der Waals surface area (Å²) in [6, 6.07) is 21.0. The number of para-hydroxylation sites is 1. The fourth-order valence-electron chi connectivity index (χ4n) is 2.88. The number of nitriles is 1. The number of halogens is 1. The van der Waals surface area contributed by atoms with Crippen molar-refractivity contribution >= 4 is 34.1 Å². The van der Waals surface area contributed by atoms with Crippen LogP contribution in [0.5, 0.6) is 0 Å². The molecule has 4 rings (SSSR count). The molecule has 0 bridgehead atoms. The summed E-state index contributed by atoms with van der Waals surface area (Å²) in [5.74, 6) is 2.14. The highest BCUT2D eigenvalue weighted by atomic mass is 35.5. The van der Waals surface area contributed by atoms with Crippen molar-refractivity contribution < 1.29 is 0 Å². The molecule has 2 aromatic carbocycles. The van der Waals surface area contributed by atoms with Crippen molar-refractivity contribution in [2.75, 3.05) is 23.7 Å². The van der Waals surface area contributed by atoms with Gasteiger partial charge in [-0.2, -0.15) is 5.26 Å². The predicted molar refractivity (Wildman–Crippen MR) is 116 cm³/mol. The third-order valence-electron chi connectivity index (χ3n) is 4.32. The molecule has 0 aliphatic carbocycles. The van der Waals surface area contributed by atoms with Gasteiger partial charge < -0.3 is 10.6 Å². The molecule has 0 spiro atoms. The van der Waals surface area contributed by atoms with Crippen LogP contribution in [0.15, 0.2) is 66.9 Å². The van der Waals surface area contributed by atoms with Crippen molar-refractivity contribution in [2.45, 2.75) is 0 Å². The Kier molecular flexibility index (Phi) is 5.50. The van der Waals surface area contributed by atoms with Crippen LogP contribution < -0.4 is 10.6 Å². The summed E-state index contributed by atoms with van der Waals surface area (Å²) in [7, 11) is 0. The van der Waals surface area contributed by atoms with Crippen LogP contribution in [0.4, 0.5) is 11.6 Å². The summed E-state index contributed by atoms with van der Waals surface area (Å²) in [6.07, 6.45) is 1.55. The average molecular weight is 401 g/mol. The Morgan fingerprint density at radius 3 is 2.45 bits per heavy atom. The highest BCUT2D eigenvalue weighted by Gasteiger charge is 2.09. The Morgan fingerprint density at radius 2 is 1.69 bits per heavy atom. The van der Waals surface area contributed by atoms with Gasteiger partial charge in [-0.3, -0.25) is 0 Å². The van der Waals surface area contributed by atoms with E-state index < -0.39 is 0 Å². The zero-order valence-electron chi connectivity index (χ0n) is 15.4. The van der Waals surface area contributed by atoms with Crippen LogP contribution in [-0.4, -0.2) is 28.0 Å². The van der Waals surface area contributed by atoms with Gasteiger partial charge in [0.25, 0.3) is 0 Å². The van der Waals surface area contributed by atoms with Crippen LogP contribution in [0.2, 0.25) is 5.02 Å². The predicted octanol–water partition coefficient (Wildman–Crippen LogP) is 4.74. The van der Waals surface area contributed by atoms with Crippen LogP contribution in [-0.2, 0) is 0 Å². The first-order valence-electron chi connectivity index (χ1n) is 9.09. The van der Waals surface area contributed by atoms with Crippen LogP contribution in [0.1, 0.15) is 5.56 Å². The lowest BCUT2D eigenvalue weighted by Crippen LogP contribution is -2.15. The number of aromatic nitrogens is 3. The molecule has 0 fully saturated rings. The van der Waals surface area contributed by atoms with Gasteiger partial charge in [0.2, 0.25) is 0 Å². The molecule has 0 radical (unpaired) electrons. The van der Waals surface area contributed by atoms with Crippen molar-refractivity contribution in [3.63, 3.8) is 0 Å². The highest BCUT2D eigenvalue weighted by Crippen LogP contribution is 2.25. The number of hydrogen-bond donors (Lipinski definition) is 2. The van der Waals surface area contributed by atoms with Gasteiger partial charge in [0, 0.05) is 35.3 Å². The molecule has 4 aromatic rings. The molecule has 0 saturated heterocycles. The van der Waals surface area contributed by atoms with E-state index in [-0.39, 0.29) is 0 Å².